The third kappa shape index (κ3) is 3.74. The number of nitrogens with zero attached hydrogens (tertiary/aromatic N) is 3. The van der Waals surface area contributed by atoms with Gasteiger partial charge in [0, 0.05) is 17.8 Å². The molecular weight excluding hydrogens is 396 g/mol. The molecule has 0 unspecified atom stereocenters. The maximum absolute atomic E-state index is 12.1. The van der Waals surface area contributed by atoms with E-state index in [1.165, 1.54) is 16.5 Å². The Morgan fingerprint density at radius 1 is 1.24 bits per heavy atom. The minimum absolute atomic E-state index is 0.0927. The summed E-state index contributed by atoms with van der Waals surface area (Å²) in [7, 11) is -3.67. The number of aromatic nitrogens is 2. The van der Waals surface area contributed by atoms with Crippen LogP contribution in [0.15, 0.2) is 63.3 Å². The number of pyridine rings is 1. The number of hydrogen-bond donors (Lipinski definition) is 1. The van der Waals surface area contributed by atoms with Crippen LogP contribution in [0.4, 0.5) is 0 Å². The molecule has 0 saturated heterocycles. The normalized spacial score (nSPS) is 15.8. The van der Waals surface area contributed by atoms with Crippen molar-refractivity contribution in [2.45, 2.75) is 18.4 Å². The van der Waals surface area contributed by atoms with Gasteiger partial charge in [0.05, 0.1) is 10.6 Å². The van der Waals surface area contributed by atoms with E-state index in [1.807, 2.05) is 6.92 Å². The summed E-state index contributed by atoms with van der Waals surface area (Å²) in [6.45, 7) is 1.32. The molecule has 148 valence electrons. The Bertz CT molecular complexity index is 1330. The molecule has 2 aromatic heterocycles. The summed E-state index contributed by atoms with van der Waals surface area (Å²) in [5, 5.41) is 0. The molecule has 0 bridgehead atoms. The Labute approximate surface area is 165 Å². The van der Waals surface area contributed by atoms with Crippen LogP contribution in [0.3, 0.4) is 0 Å². The highest BCUT2D eigenvalue weighted by Gasteiger charge is 2.30. The number of esters is 1. The lowest BCUT2D eigenvalue weighted by Crippen LogP contribution is -2.23. The summed E-state index contributed by atoms with van der Waals surface area (Å²) in [4.78, 5) is 32.6. The van der Waals surface area contributed by atoms with Crippen LogP contribution in [0.2, 0.25) is 0 Å². The van der Waals surface area contributed by atoms with Crippen LogP contribution in [-0.2, 0) is 26.2 Å². The summed E-state index contributed by atoms with van der Waals surface area (Å²) in [5.41, 5.74) is 1.84. The molecule has 0 fully saturated rings. The Morgan fingerprint density at radius 2 is 2.03 bits per heavy atom. The van der Waals surface area contributed by atoms with Gasteiger partial charge in [-0.3, -0.25) is 23.7 Å². The van der Waals surface area contributed by atoms with Crippen LogP contribution in [0.1, 0.15) is 16.8 Å². The van der Waals surface area contributed by atoms with Crippen molar-refractivity contribution >= 4 is 27.5 Å². The minimum atomic E-state index is -3.67. The lowest BCUT2D eigenvalue weighted by Gasteiger charge is -2.06. The van der Waals surface area contributed by atoms with Crippen molar-refractivity contribution < 1.29 is 17.9 Å². The van der Waals surface area contributed by atoms with E-state index in [1.54, 1.807) is 36.5 Å². The van der Waals surface area contributed by atoms with Crippen molar-refractivity contribution in [1.82, 2.24) is 14.1 Å². The van der Waals surface area contributed by atoms with Crippen molar-refractivity contribution in [1.29, 1.82) is 0 Å². The molecule has 29 heavy (non-hydrogen) atoms. The van der Waals surface area contributed by atoms with Gasteiger partial charge in [-0.15, -0.1) is 0 Å². The second-order valence-electron chi connectivity index (χ2n) is 6.45. The van der Waals surface area contributed by atoms with Crippen molar-refractivity contribution in [3.8, 4) is 0 Å². The molecular formula is C19H16N4O5S. The Hall–Kier alpha value is -3.53. The summed E-state index contributed by atoms with van der Waals surface area (Å²) in [6.07, 6.45) is 1.63. The molecule has 0 spiro atoms. The minimum Gasteiger partial charge on any atom is -0.458 e. The Morgan fingerprint density at radius 3 is 2.86 bits per heavy atom. The number of nitrogens with one attached hydrogen (secondary N) is 1. The molecule has 10 heteroatoms. The first-order valence-electron chi connectivity index (χ1n) is 8.65. The molecule has 9 nitrogen and oxygen atoms in total. The second kappa shape index (κ2) is 7.13. The Balaban J connectivity index is 1.46. The van der Waals surface area contributed by atoms with E-state index in [0.29, 0.717) is 16.9 Å². The predicted octanol–water partition coefficient (Wildman–Crippen LogP) is 0.785. The van der Waals surface area contributed by atoms with Gasteiger partial charge in [0.25, 0.3) is 15.6 Å². The number of carbonyl (C=O) groups is 1. The first-order chi connectivity index (χ1) is 13.8. The third-order valence-corrected chi connectivity index (χ3v) is 5.68. The van der Waals surface area contributed by atoms with E-state index in [9.17, 15) is 18.0 Å². The van der Waals surface area contributed by atoms with Crippen LogP contribution < -0.4 is 10.3 Å². The zero-order chi connectivity index (χ0) is 20.6. The lowest BCUT2D eigenvalue weighted by atomic mass is 10.2. The SMILES string of the molecule is Cc1ccn2c(=O)cc(COC(=O)CN=C3NS(=O)(=O)c4ccccc43)nc2c1. The second-order valence-corrected chi connectivity index (χ2v) is 8.10. The summed E-state index contributed by atoms with van der Waals surface area (Å²) < 4.78 is 32.9. The van der Waals surface area contributed by atoms with Gasteiger partial charge in [-0.25, -0.2) is 13.4 Å². The molecule has 1 aromatic carbocycles. The molecule has 0 radical (unpaired) electrons. The van der Waals surface area contributed by atoms with Crippen LogP contribution in [-0.4, -0.2) is 36.2 Å². The number of ether oxygens (including phenoxy) is 1. The van der Waals surface area contributed by atoms with E-state index in [-0.39, 0.29) is 29.4 Å². The molecule has 0 atom stereocenters. The van der Waals surface area contributed by atoms with Crippen molar-refractivity contribution in [3.63, 3.8) is 0 Å². The first kappa shape index (κ1) is 18.8. The molecule has 1 aliphatic rings. The van der Waals surface area contributed by atoms with Crippen LogP contribution in [0, 0.1) is 6.92 Å². The standard InChI is InChI=1S/C19H16N4O5S/c1-12-6-7-23-16(8-12)21-13(9-17(23)24)11-28-18(25)10-20-19-14-4-2-3-5-15(14)29(26,27)22-19/h2-9H,10-11H2,1H3,(H,20,22). The summed E-state index contributed by atoms with van der Waals surface area (Å²) >= 11 is 0. The number of rotatable bonds is 4. The van der Waals surface area contributed by atoms with Crippen LogP contribution >= 0.6 is 0 Å². The van der Waals surface area contributed by atoms with Crippen molar-refractivity contribution in [2.24, 2.45) is 4.99 Å². The molecule has 1 aliphatic heterocycles. The van der Waals surface area contributed by atoms with Crippen LogP contribution in [0.5, 0.6) is 0 Å². The quantitative estimate of drug-likeness (QED) is 0.633. The zero-order valence-corrected chi connectivity index (χ0v) is 16.1. The number of aliphatic imine (C=N–C) groups is 1. The van der Waals surface area contributed by atoms with E-state index in [4.69, 9.17) is 4.74 Å². The van der Waals surface area contributed by atoms with Gasteiger partial charge in [-0.2, -0.15) is 0 Å². The molecule has 3 heterocycles. The maximum Gasteiger partial charge on any atom is 0.328 e. The van der Waals surface area contributed by atoms with Crippen molar-refractivity contribution in [2.75, 3.05) is 6.54 Å². The summed E-state index contributed by atoms with van der Waals surface area (Å²) in [6, 6.07) is 11.2. The first-order valence-corrected chi connectivity index (χ1v) is 10.1. The third-order valence-electron chi connectivity index (χ3n) is 4.29. The van der Waals surface area contributed by atoms with Gasteiger partial charge in [0.2, 0.25) is 0 Å². The highest BCUT2D eigenvalue weighted by Crippen LogP contribution is 2.22. The summed E-state index contributed by atoms with van der Waals surface area (Å²) in [5.74, 6) is -0.581. The number of sulfonamides is 1. The maximum atomic E-state index is 12.1. The topological polar surface area (TPSA) is 119 Å². The van der Waals surface area contributed by atoms with E-state index in [2.05, 4.69) is 14.7 Å². The number of benzene rings is 1. The number of fused-ring (bicyclic) bond motifs is 2. The molecule has 0 amide bonds. The monoisotopic (exact) mass is 412 g/mol. The number of amidine groups is 1. The van der Waals surface area contributed by atoms with Crippen LogP contribution in [0.25, 0.3) is 5.65 Å². The smallest absolute Gasteiger partial charge is 0.328 e. The van der Waals surface area contributed by atoms with Gasteiger partial charge in [0.15, 0.2) is 0 Å². The van der Waals surface area contributed by atoms with Gasteiger partial charge < -0.3 is 4.74 Å². The fraction of sp³-hybridized carbons (Fsp3) is 0.158. The fourth-order valence-electron chi connectivity index (χ4n) is 2.92. The highest BCUT2D eigenvalue weighted by molar-refractivity contribution is 7.90. The average molecular weight is 412 g/mol. The highest BCUT2D eigenvalue weighted by atomic mass is 32.2. The number of hydrogen-bond acceptors (Lipinski definition) is 7. The largest absolute Gasteiger partial charge is 0.458 e. The van der Waals surface area contributed by atoms with Gasteiger partial charge in [-0.05, 0) is 36.8 Å². The van der Waals surface area contributed by atoms with E-state index in [0.717, 1.165) is 5.56 Å². The van der Waals surface area contributed by atoms with Gasteiger partial charge in [0.1, 0.15) is 24.6 Å². The fourth-order valence-corrected chi connectivity index (χ4v) is 4.17. The molecule has 1 N–H and O–H groups in total. The predicted molar refractivity (Wildman–Crippen MR) is 104 cm³/mol. The van der Waals surface area contributed by atoms with E-state index >= 15 is 0 Å². The Kier molecular flexibility index (Phi) is 4.63. The van der Waals surface area contributed by atoms with Gasteiger partial charge in [-0.1, -0.05) is 12.1 Å². The molecule has 3 aromatic rings. The zero-order valence-electron chi connectivity index (χ0n) is 15.3. The number of carbonyl (C=O) groups excluding carboxylic acids is 1. The van der Waals surface area contributed by atoms with Crippen molar-refractivity contribution in [3.05, 3.63) is 75.8 Å². The molecule has 0 aliphatic carbocycles. The lowest BCUT2D eigenvalue weighted by molar-refractivity contribution is -0.143. The number of aryl methyl sites for hydroxylation is 1. The average Bonchev–Trinajstić information content (AvgIpc) is 2.95. The van der Waals surface area contributed by atoms with Gasteiger partial charge >= 0.3 is 5.97 Å². The van der Waals surface area contributed by atoms with E-state index < -0.39 is 16.0 Å². The molecule has 4 rings (SSSR count). The molecule has 0 saturated carbocycles.